The summed E-state index contributed by atoms with van der Waals surface area (Å²) < 4.78 is 18.5. The molecule has 7 unspecified atom stereocenters. The summed E-state index contributed by atoms with van der Waals surface area (Å²) in [6.45, 7) is 4.61. The Morgan fingerprint density at radius 1 is 0.854 bits per heavy atom. The van der Waals surface area contributed by atoms with Crippen LogP contribution in [0.5, 0.6) is 0 Å². The summed E-state index contributed by atoms with van der Waals surface area (Å²) in [7, 11) is 0. The number of amides is 1. The number of hydrogen-bond acceptors (Lipinski definition) is 7. The Bertz CT molecular complexity index is 1200. The lowest BCUT2D eigenvalue weighted by atomic mass is 9.84. The van der Waals surface area contributed by atoms with Crippen molar-refractivity contribution in [3.63, 3.8) is 0 Å². The number of para-hydroxylation sites is 1. The molecule has 0 saturated heterocycles. The Hall–Kier alpha value is -2.79. The number of aromatic nitrogens is 1. The lowest BCUT2D eigenvalue weighted by Crippen LogP contribution is -2.65. The second kappa shape index (κ2) is 15.4. The molecule has 0 aliphatic heterocycles. The minimum absolute atomic E-state index is 0.0176. The number of aliphatic hydroxyl groups is 3. The number of rotatable bonds is 15. The molecule has 4 rings (SSSR count). The van der Waals surface area contributed by atoms with Crippen molar-refractivity contribution in [1.82, 2.24) is 10.3 Å². The predicted molar refractivity (Wildman–Crippen MR) is 156 cm³/mol. The molecule has 9 heteroatoms. The van der Waals surface area contributed by atoms with Crippen LogP contribution in [-0.4, -0.2) is 76.0 Å². The summed E-state index contributed by atoms with van der Waals surface area (Å²) >= 11 is 0. The maximum Gasteiger partial charge on any atom is 0.216 e. The molecule has 1 aliphatic carbocycles. The molecule has 1 amide bonds. The van der Waals surface area contributed by atoms with Crippen LogP contribution in [0.2, 0.25) is 0 Å². The van der Waals surface area contributed by atoms with Crippen molar-refractivity contribution in [3.8, 4) is 0 Å². The molecular weight excluding hydrogens is 524 g/mol. The molecule has 224 valence electrons. The Morgan fingerprint density at radius 3 is 2.32 bits per heavy atom. The monoisotopic (exact) mass is 568 g/mol. The summed E-state index contributed by atoms with van der Waals surface area (Å²) in [6, 6.07) is 17.5. The highest BCUT2D eigenvalue weighted by Crippen LogP contribution is 2.34. The van der Waals surface area contributed by atoms with E-state index in [0.717, 1.165) is 54.1 Å². The first-order chi connectivity index (χ1) is 19.9. The summed E-state index contributed by atoms with van der Waals surface area (Å²) in [5, 5.41) is 37.4. The predicted octanol–water partition coefficient (Wildman–Crippen LogP) is 3.77. The van der Waals surface area contributed by atoms with E-state index < -0.39 is 42.7 Å². The van der Waals surface area contributed by atoms with E-state index in [0.29, 0.717) is 13.2 Å². The molecule has 1 fully saturated rings. The third-order valence-corrected chi connectivity index (χ3v) is 7.73. The van der Waals surface area contributed by atoms with Crippen LogP contribution in [0.25, 0.3) is 10.9 Å². The average molecular weight is 569 g/mol. The van der Waals surface area contributed by atoms with Gasteiger partial charge in [0.2, 0.25) is 5.91 Å². The van der Waals surface area contributed by atoms with Gasteiger partial charge in [-0.2, -0.15) is 0 Å². The molecule has 7 atom stereocenters. The molecule has 3 aromatic rings. The van der Waals surface area contributed by atoms with Crippen LogP contribution in [0.15, 0.2) is 60.8 Å². The maximum atomic E-state index is 11.4. The fourth-order valence-corrected chi connectivity index (χ4v) is 5.46. The Labute approximate surface area is 241 Å². The van der Waals surface area contributed by atoms with Gasteiger partial charge in [0, 0.05) is 42.7 Å². The van der Waals surface area contributed by atoms with E-state index in [9.17, 15) is 20.1 Å². The summed E-state index contributed by atoms with van der Waals surface area (Å²) in [6.07, 6.45) is -0.803. The fraction of sp³-hybridized carbons (Fsp3) is 0.531. The van der Waals surface area contributed by atoms with Crippen LogP contribution in [0.3, 0.4) is 0 Å². The smallest absolute Gasteiger partial charge is 0.216 e. The molecule has 0 radical (unpaired) electrons. The molecule has 1 saturated carbocycles. The van der Waals surface area contributed by atoms with Gasteiger partial charge in [0.15, 0.2) is 0 Å². The van der Waals surface area contributed by atoms with Gasteiger partial charge in [-0.25, -0.2) is 0 Å². The third kappa shape index (κ3) is 8.38. The van der Waals surface area contributed by atoms with Gasteiger partial charge >= 0.3 is 0 Å². The van der Waals surface area contributed by atoms with Crippen molar-refractivity contribution < 1.29 is 34.3 Å². The van der Waals surface area contributed by atoms with Gasteiger partial charge < -0.3 is 39.8 Å². The first-order valence-electron chi connectivity index (χ1n) is 14.6. The second-order valence-electron chi connectivity index (χ2n) is 10.9. The number of aliphatic hydroxyl groups excluding tert-OH is 3. The van der Waals surface area contributed by atoms with Crippen LogP contribution in [0, 0.1) is 0 Å². The average Bonchev–Trinajstić information content (AvgIpc) is 3.41. The fourth-order valence-electron chi connectivity index (χ4n) is 5.46. The normalized spacial score (nSPS) is 25.3. The second-order valence-corrected chi connectivity index (χ2v) is 10.9. The number of aromatic amines is 1. The SMILES string of the molecule is CC(=O)NCCCCCCCOC1C(O)C(O)C(OCc2ccccc2)C(OC(C)c2c[nH]c3ccccc23)C1O. The Balaban J connectivity index is 1.40. The molecular formula is C32H44N2O7. The highest BCUT2D eigenvalue weighted by Gasteiger charge is 2.52. The zero-order chi connectivity index (χ0) is 29.2. The number of ether oxygens (including phenoxy) is 3. The highest BCUT2D eigenvalue weighted by molar-refractivity contribution is 5.83. The van der Waals surface area contributed by atoms with E-state index in [1.807, 2.05) is 67.7 Å². The van der Waals surface area contributed by atoms with Crippen LogP contribution in [0.1, 0.15) is 63.2 Å². The van der Waals surface area contributed by atoms with Gasteiger partial charge in [0.25, 0.3) is 0 Å². The number of nitrogens with one attached hydrogen (secondary N) is 2. The lowest BCUT2D eigenvalue weighted by molar-refractivity contribution is -0.265. The van der Waals surface area contributed by atoms with Crippen molar-refractivity contribution in [2.24, 2.45) is 0 Å². The first kappa shape index (κ1) is 31.2. The number of carbonyl (C=O) groups excluding carboxylic acids is 1. The number of hydrogen-bond donors (Lipinski definition) is 5. The standard InChI is InChI=1S/C32H44N2O7/c1-21(25-19-34-26-16-10-9-15-24(25)26)41-32-29(38)30(39-18-12-5-3-4-11-17-33-22(2)35)27(36)28(37)31(32)40-20-23-13-7-6-8-14-23/h6-10,13-16,19,21,27-32,34,36-38H,3-5,11-12,17-18,20H2,1-2H3,(H,33,35). The van der Waals surface area contributed by atoms with Crippen molar-refractivity contribution in [3.05, 3.63) is 71.9 Å². The largest absolute Gasteiger partial charge is 0.387 e. The molecule has 1 aromatic heterocycles. The van der Waals surface area contributed by atoms with E-state index in [4.69, 9.17) is 14.2 Å². The molecule has 1 aliphatic rings. The van der Waals surface area contributed by atoms with Crippen molar-refractivity contribution in [2.45, 2.75) is 95.3 Å². The Morgan fingerprint density at radius 2 is 1.54 bits per heavy atom. The van der Waals surface area contributed by atoms with Gasteiger partial charge in [0.05, 0.1) is 12.7 Å². The molecule has 41 heavy (non-hydrogen) atoms. The van der Waals surface area contributed by atoms with Gasteiger partial charge in [-0.05, 0) is 31.4 Å². The maximum absolute atomic E-state index is 11.4. The molecule has 0 bridgehead atoms. The summed E-state index contributed by atoms with van der Waals surface area (Å²) in [4.78, 5) is 14.2. The van der Waals surface area contributed by atoms with E-state index in [1.54, 1.807) is 0 Å². The number of H-pyrrole nitrogens is 1. The van der Waals surface area contributed by atoms with E-state index in [1.165, 1.54) is 6.92 Å². The van der Waals surface area contributed by atoms with Crippen LogP contribution in [-0.2, 0) is 25.6 Å². The first-order valence-corrected chi connectivity index (χ1v) is 14.6. The Kier molecular flexibility index (Phi) is 11.7. The van der Waals surface area contributed by atoms with Crippen molar-refractivity contribution >= 4 is 16.8 Å². The van der Waals surface area contributed by atoms with Crippen molar-refractivity contribution in [2.75, 3.05) is 13.2 Å². The molecule has 5 N–H and O–H groups in total. The topological polar surface area (TPSA) is 133 Å². The van der Waals surface area contributed by atoms with E-state index in [-0.39, 0.29) is 12.5 Å². The van der Waals surface area contributed by atoms with Gasteiger partial charge in [-0.3, -0.25) is 4.79 Å². The molecule has 1 heterocycles. The van der Waals surface area contributed by atoms with Gasteiger partial charge in [-0.1, -0.05) is 67.8 Å². The summed E-state index contributed by atoms with van der Waals surface area (Å²) in [5.41, 5.74) is 2.81. The minimum atomic E-state index is -1.34. The number of unbranched alkanes of at least 4 members (excludes halogenated alkanes) is 4. The minimum Gasteiger partial charge on any atom is -0.387 e. The third-order valence-electron chi connectivity index (χ3n) is 7.73. The molecule has 2 aromatic carbocycles. The van der Waals surface area contributed by atoms with Crippen molar-refractivity contribution in [1.29, 1.82) is 0 Å². The number of carbonyl (C=O) groups is 1. The van der Waals surface area contributed by atoms with Crippen LogP contribution in [0.4, 0.5) is 0 Å². The highest BCUT2D eigenvalue weighted by atomic mass is 16.6. The summed E-state index contributed by atoms with van der Waals surface area (Å²) in [5.74, 6) is -0.0176. The van der Waals surface area contributed by atoms with Gasteiger partial charge in [0.1, 0.15) is 36.6 Å². The number of fused-ring (bicyclic) bond motifs is 1. The zero-order valence-corrected chi connectivity index (χ0v) is 23.9. The lowest BCUT2D eigenvalue weighted by Gasteiger charge is -2.46. The van der Waals surface area contributed by atoms with Crippen LogP contribution >= 0.6 is 0 Å². The van der Waals surface area contributed by atoms with E-state index >= 15 is 0 Å². The van der Waals surface area contributed by atoms with Gasteiger partial charge in [-0.15, -0.1) is 0 Å². The van der Waals surface area contributed by atoms with E-state index in [2.05, 4.69) is 10.3 Å². The quantitative estimate of drug-likeness (QED) is 0.176. The molecule has 0 spiro atoms. The molecule has 9 nitrogen and oxygen atoms in total. The van der Waals surface area contributed by atoms with Crippen LogP contribution < -0.4 is 5.32 Å². The number of benzene rings is 2. The zero-order valence-electron chi connectivity index (χ0n) is 23.9.